The van der Waals surface area contributed by atoms with Gasteiger partial charge in [0.25, 0.3) is 0 Å². The van der Waals surface area contributed by atoms with Gasteiger partial charge in [0.05, 0.1) is 0 Å². The third-order valence-electron chi connectivity index (χ3n) is 6.85. The first-order valence-electron chi connectivity index (χ1n) is 12.0. The van der Waals surface area contributed by atoms with Gasteiger partial charge >= 0.3 is 0 Å². The van der Waals surface area contributed by atoms with E-state index in [9.17, 15) is 0 Å². The van der Waals surface area contributed by atoms with E-state index in [0.29, 0.717) is 5.92 Å². The molecule has 1 heterocycles. The number of hydrogen-bond donors (Lipinski definition) is 0. The summed E-state index contributed by atoms with van der Waals surface area (Å²) in [4.78, 5) is 2.62. The highest BCUT2D eigenvalue weighted by atomic mass is 15.1. The first-order valence-corrected chi connectivity index (χ1v) is 12.0. The predicted molar refractivity (Wildman–Crippen MR) is 137 cm³/mol. The zero-order valence-corrected chi connectivity index (χ0v) is 20.6. The first-order chi connectivity index (χ1) is 14.7. The Morgan fingerprint density at radius 1 is 1.00 bits per heavy atom. The van der Waals surface area contributed by atoms with Gasteiger partial charge in [-0.1, -0.05) is 88.4 Å². The second-order valence-corrected chi connectivity index (χ2v) is 10.4. The van der Waals surface area contributed by atoms with Crippen molar-refractivity contribution in [2.75, 3.05) is 19.6 Å². The van der Waals surface area contributed by atoms with E-state index >= 15 is 0 Å². The molecule has 1 aliphatic rings. The summed E-state index contributed by atoms with van der Waals surface area (Å²) in [5.74, 6) is 0.683. The van der Waals surface area contributed by atoms with Crippen LogP contribution in [0, 0.1) is 0 Å². The van der Waals surface area contributed by atoms with Gasteiger partial charge in [0.2, 0.25) is 0 Å². The molecule has 0 aromatic heterocycles. The molecule has 0 radical (unpaired) electrons. The molecule has 0 aliphatic carbocycles. The third kappa shape index (κ3) is 5.77. The number of rotatable bonds is 6. The summed E-state index contributed by atoms with van der Waals surface area (Å²) in [6, 6.07) is 17.9. The highest BCUT2D eigenvalue weighted by Crippen LogP contribution is 2.34. The molecule has 1 aliphatic heterocycles. The highest BCUT2D eigenvalue weighted by Gasteiger charge is 2.24. The van der Waals surface area contributed by atoms with E-state index in [4.69, 9.17) is 0 Å². The van der Waals surface area contributed by atoms with Gasteiger partial charge in [-0.25, -0.2) is 0 Å². The number of hydrogen-bond acceptors (Lipinski definition) is 1. The van der Waals surface area contributed by atoms with Crippen LogP contribution in [0.3, 0.4) is 0 Å². The molecule has 0 unspecified atom stereocenters. The number of aryl methyl sites for hydroxylation is 1. The second kappa shape index (κ2) is 10.0. The van der Waals surface area contributed by atoms with Crippen LogP contribution in [-0.2, 0) is 11.8 Å². The summed E-state index contributed by atoms with van der Waals surface area (Å²) in [7, 11) is 0. The van der Waals surface area contributed by atoms with Crippen molar-refractivity contribution in [3.05, 3.63) is 88.5 Å². The van der Waals surface area contributed by atoms with Gasteiger partial charge in [0.1, 0.15) is 0 Å². The Morgan fingerprint density at radius 3 is 2.19 bits per heavy atom. The molecule has 0 N–H and O–H groups in total. The molecule has 2 aromatic carbocycles. The molecule has 1 fully saturated rings. The molecule has 0 amide bonds. The van der Waals surface area contributed by atoms with Crippen LogP contribution in [0.15, 0.2) is 66.3 Å². The lowest BCUT2D eigenvalue weighted by Gasteiger charge is -2.34. The molecule has 0 bridgehead atoms. The molecule has 3 rings (SSSR count). The van der Waals surface area contributed by atoms with Crippen LogP contribution in [0.5, 0.6) is 0 Å². The lowest BCUT2D eigenvalue weighted by atomic mass is 9.80. The quantitative estimate of drug-likeness (QED) is 0.435. The second-order valence-electron chi connectivity index (χ2n) is 10.4. The van der Waals surface area contributed by atoms with E-state index in [1.807, 2.05) is 0 Å². The SMILES string of the molecule is C=C(C(CN1CCC(c2ccc(C(C)(C)C)c(CC)c2)CC1)=C(C)C)c1ccccc1. The summed E-state index contributed by atoms with van der Waals surface area (Å²) in [5, 5.41) is 0. The zero-order chi connectivity index (χ0) is 22.6. The maximum atomic E-state index is 4.44. The summed E-state index contributed by atoms with van der Waals surface area (Å²) in [6.45, 7) is 21.5. The van der Waals surface area contributed by atoms with Crippen LogP contribution in [0.1, 0.15) is 82.6 Å². The minimum atomic E-state index is 0.217. The number of likely N-dealkylation sites (tertiary alicyclic amines) is 1. The molecule has 1 nitrogen and oxygen atoms in total. The van der Waals surface area contributed by atoms with Crippen molar-refractivity contribution >= 4 is 5.57 Å². The lowest BCUT2D eigenvalue weighted by molar-refractivity contribution is 0.229. The van der Waals surface area contributed by atoms with E-state index < -0.39 is 0 Å². The van der Waals surface area contributed by atoms with E-state index in [0.717, 1.165) is 26.1 Å². The monoisotopic (exact) mass is 415 g/mol. The van der Waals surface area contributed by atoms with Gasteiger partial charge in [-0.2, -0.15) is 0 Å². The fourth-order valence-electron chi connectivity index (χ4n) is 4.91. The number of allylic oxidation sites excluding steroid dienone is 1. The Balaban J connectivity index is 1.66. The van der Waals surface area contributed by atoms with E-state index in [2.05, 4.69) is 102 Å². The largest absolute Gasteiger partial charge is 0.299 e. The number of piperidine rings is 1. The van der Waals surface area contributed by atoms with Gasteiger partial charge in [-0.3, -0.25) is 4.90 Å². The molecular weight excluding hydrogens is 374 g/mol. The molecule has 0 saturated carbocycles. The van der Waals surface area contributed by atoms with Crippen molar-refractivity contribution in [3.63, 3.8) is 0 Å². The summed E-state index contributed by atoms with van der Waals surface area (Å²) in [6.07, 6.45) is 3.60. The Bertz CT molecular complexity index is 915. The van der Waals surface area contributed by atoms with Crippen LogP contribution in [0.2, 0.25) is 0 Å². The van der Waals surface area contributed by atoms with Crippen LogP contribution < -0.4 is 0 Å². The van der Waals surface area contributed by atoms with Crippen molar-refractivity contribution in [1.82, 2.24) is 4.90 Å². The van der Waals surface area contributed by atoms with Crippen molar-refractivity contribution < 1.29 is 0 Å². The molecule has 0 atom stereocenters. The van der Waals surface area contributed by atoms with Crippen molar-refractivity contribution in [3.8, 4) is 0 Å². The maximum absolute atomic E-state index is 4.44. The molecule has 0 spiro atoms. The fourth-order valence-corrected chi connectivity index (χ4v) is 4.91. The minimum Gasteiger partial charge on any atom is -0.299 e. The van der Waals surface area contributed by atoms with Gasteiger partial charge in [0, 0.05) is 6.54 Å². The summed E-state index contributed by atoms with van der Waals surface area (Å²) >= 11 is 0. The normalized spacial score (nSPS) is 15.7. The Morgan fingerprint density at radius 2 is 1.65 bits per heavy atom. The minimum absolute atomic E-state index is 0.217. The average Bonchev–Trinajstić information content (AvgIpc) is 2.76. The maximum Gasteiger partial charge on any atom is 0.0239 e. The third-order valence-corrected chi connectivity index (χ3v) is 6.85. The zero-order valence-electron chi connectivity index (χ0n) is 20.6. The van der Waals surface area contributed by atoms with Gasteiger partial charge in [0.15, 0.2) is 0 Å². The van der Waals surface area contributed by atoms with Crippen molar-refractivity contribution in [2.45, 2.75) is 72.1 Å². The van der Waals surface area contributed by atoms with Gasteiger partial charge in [-0.05, 0) is 90.9 Å². The molecule has 1 heteroatoms. The predicted octanol–water partition coefficient (Wildman–Crippen LogP) is 7.78. The van der Waals surface area contributed by atoms with Crippen LogP contribution in [0.4, 0.5) is 0 Å². The average molecular weight is 416 g/mol. The van der Waals surface area contributed by atoms with E-state index in [1.165, 1.54) is 46.3 Å². The standard InChI is InChI=1S/C30H41N/c1-8-24-20-27(14-15-29(24)30(5,6)7)26-16-18-31(19-17-26)21-28(22(2)3)23(4)25-12-10-9-11-13-25/h9-15,20,26H,4,8,16-19,21H2,1-3,5-7H3. The van der Waals surface area contributed by atoms with Crippen LogP contribution in [-0.4, -0.2) is 24.5 Å². The topological polar surface area (TPSA) is 3.24 Å². The summed E-state index contributed by atoms with van der Waals surface area (Å²) < 4.78 is 0. The molecule has 1 saturated heterocycles. The van der Waals surface area contributed by atoms with Gasteiger partial charge < -0.3 is 0 Å². The molecule has 166 valence electrons. The summed E-state index contributed by atoms with van der Waals surface area (Å²) in [5.41, 5.74) is 9.97. The molecule has 2 aromatic rings. The number of benzene rings is 2. The Labute approximate surface area is 190 Å². The Kier molecular flexibility index (Phi) is 7.59. The van der Waals surface area contributed by atoms with Crippen LogP contribution >= 0.6 is 0 Å². The molecule has 31 heavy (non-hydrogen) atoms. The molecular formula is C30H41N. The van der Waals surface area contributed by atoms with Crippen LogP contribution in [0.25, 0.3) is 5.57 Å². The Hall–Kier alpha value is -2.12. The highest BCUT2D eigenvalue weighted by molar-refractivity contribution is 5.78. The fraction of sp³-hybridized carbons (Fsp3) is 0.467. The van der Waals surface area contributed by atoms with Crippen molar-refractivity contribution in [2.24, 2.45) is 0 Å². The first kappa shape index (κ1) is 23.5. The van der Waals surface area contributed by atoms with E-state index in [1.54, 1.807) is 5.56 Å². The van der Waals surface area contributed by atoms with Gasteiger partial charge in [-0.15, -0.1) is 0 Å². The van der Waals surface area contributed by atoms with E-state index in [-0.39, 0.29) is 5.41 Å². The smallest absolute Gasteiger partial charge is 0.0239 e. The lowest BCUT2D eigenvalue weighted by Crippen LogP contribution is -2.34. The number of nitrogens with zero attached hydrogens (tertiary/aromatic N) is 1. The van der Waals surface area contributed by atoms with Crippen molar-refractivity contribution in [1.29, 1.82) is 0 Å².